The molecule has 1 N–H and O–H groups in total. The number of pyridine rings is 1. The van der Waals surface area contributed by atoms with E-state index in [1.165, 1.54) is 31.5 Å². The van der Waals surface area contributed by atoms with Crippen molar-refractivity contribution in [3.05, 3.63) is 72.1 Å². The number of hydrogen-bond acceptors (Lipinski definition) is 4. The van der Waals surface area contributed by atoms with Gasteiger partial charge in [0.1, 0.15) is 11.5 Å². The van der Waals surface area contributed by atoms with Gasteiger partial charge in [0.2, 0.25) is 0 Å². The molecule has 0 bridgehead atoms. The summed E-state index contributed by atoms with van der Waals surface area (Å²) in [4.78, 5) is 7.33. The van der Waals surface area contributed by atoms with E-state index < -0.39 is 0 Å². The van der Waals surface area contributed by atoms with Crippen molar-refractivity contribution in [2.24, 2.45) is 0 Å². The number of benzene rings is 2. The average Bonchev–Trinajstić information content (AvgIpc) is 3.44. The van der Waals surface area contributed by atoms with Crippen LogP contribution in [0.15, 0.2) is 60.8 Å². The molecule has 0 radical (unpaired) electrons. The lowest BCUT2D eigenvalue weighted by atomic mass is 10.1. The number of hydrogen-bond donors (Lipinski definition) is 1. The Hall–Kier alpha value is -3.18. The average molecular weight is 384 g/mol. The lowest BCUT2D eigenvalue weighted by Crippen LogP contribution is -2.19. The van der Waals surface area contributed by atoms with E-state index in [2.05, 4.69) is 34.2 Å². The van der Waals surface area contributed by atoms with Gasteiger partial charge in [-0.2, -0.15) is 5.10 Å². The van der Waals surface area contributed by atoms with Crippen molar-refractivity contribution in [3.63, 3.8) is 0 Å². The smallest absolute Gasteiger partial charge is 0.128 e. The predicted octanol–water partition coefficient (Wildman–Crippen LogP) is 5.32. The van der Waals surface area contributed by atoms with Crippen molar-refractivity contribution in [2.45, 2.75) is 26.3 Å². The third-order valence-electron chi connectivity index (χ3n) is 5.58. The Morgan fingerprint density at radius 3 is 2.52 bits per heavy atom. The van der Waals surface area contributed by atoms with Crippen LogP contribution in [-0.4, -0.2) is 33.2 Å². The molecular formula is C24H24N4O. The minimum absolute atomic E-state index is 0.810. The number of ether oxygens (including phenoxy) is 1. The number of aromatic amines is 1. The summed E-state index contributed by atoms with van der Waals surface area (Å²) in [5.41, 5.74) is 5.51. The summed E-state index contributed by atoms with van der Waals surface area (Å²) < 4.78 is 6.10. The minimum atomic E-state index is 0.810. The molecule has 1 aliphatic rings. The highest BCUT2D eigenvalue weighted by Crippen LogP contribution is 2.28. The largest absolute Gasteiger partial charge is 0.457 e. The van der Waals surface area contributed by atoms with E-state index in [1.54, 1.807) is 6.20 Å². The van der Waals surface area contributed by atoms with E-state index in [-0.39, 0.29) is 0 Å². The fourth-order valence-corrected chi connectivity index (χ4v) is 3.96. The van der Waals surface area contributed by atoms with Crippen molar-refractivity contribution in [2.75, 3.05) is 13.1 Å². The van der Waals surface area contributed by atoms with Gasteiger partial charge in [0.25, 0.3) is 0 Å². The van der Waals surface area contributed by atoms with Crippen LogP contribution in [0, 0.1) is 6.92 Å². The molecule has 0 amide bonds. The molecule has 5 rings (SSSR count). The normalized spacial score (nSPS) is 14.5. The van der Waals surface area contributed by atoms with E-state index in [1.807, 2.05) is 42.5 Å². The van der Waals surface area contributed by atoms with Gasteiger partial charge < -0.3 is 4.74 Å². The number of rotatable bonds is 5. The molecule has 3 heterocycles. The Labute approximate surface area is 170 Å². The number of aromatic nitrogens is 3. The molecule has 146 valence electrons. The molecule has 29 heavy (non-hydrogen) atoms. The van der Waals surface area contributed by atoms with Gasteiger partial charge in [0, 0.05) is 23.8 Å². The Morgan fingerprint density at radius 2 is 1.76 bits per heavy atom. The van der Waals surface area contributed by atoms with Gasteiger partial charge in [0.05, 0.1) is 11.2 Å². The standard InChI is InChI=1S/C24H24N4O/c1-17-20(16-28-12-2-3-13-28)14-19-15-22(8-9-23(19)26-17)29-21-6-4-18(5-7-21)24-10-11-25-27-24/h4-11,14-15H,2-3,12-13,16H2,1H3,(H,25,27). The van der Waals surface area contributed by atoms with Crippen molar-refractivity contribution >= 4 is 10.9 Å². The molecule has 4 aromatic rings. The molecule has 2 aromatic carbocycles. The van der Waals surface area contributed by atoms with Crippen LogP contribution in [0.1, 0.15) is 24.1 Å². The van der Waals surface area contributed by atoms with Crippen LogP contribution in [0.3, 0.4) is 0 Å². The number of fused-ring (bicyclic) bond motifs is 1. The molecule has 0 unspecified atom stereocenters. The molecule has 0 spiro atoms. The first-order valence-corrected chi connectivity index (χ1v) is 10.1. The van der Waals surface area contributed by atoms with Gasteiger partial charge in [-0.25, -0.2) is 0 Å². The number of nitrogens with zero attached hydrogens (tertiary/aromatic N) is 3. The lowest BCUT2D eigenvalue weighted by molar-refractivity contribution is 0.330. The predicted molar refractivity (Wildman–Crippen MR) is 115 cm³/mol. The summed E-state index contributed by atoms with van der Waals surface area (Å²) in [5, 5.41) is 8.10. The van der Waals surface area contributed by atoms with Crippen molar-refractivity contribution in [3.8, 4) is 22.8 Å². The molecule has 0 atom stereocenters. The van der Waals surface area contributed by atoms with Crippen LogP contribution < -0.4 is 4.74 Å². The highest BCUT2D eigenvalue weighted by atomic mass is 16.5. The molecule has 5 heteroatoms. The number of nitrogens with one attached hydrogen (secondary N) is 1. The first kappa shape index (κ1) is 17.9. The molecule has 5 nitrogen and oxygen atoms in total. The SMILES string of the molecule is Cc1nc2ccc(Oc3ccc(-c4ccn[nH]4)cc3)cc2cc1CN1CCCC1. The highest BCUT2D eigenvalue weighted by molar-refractivity contribution is 5.81. The zero-order valence-corrected chi connectivity index (χ0v) is 16.6. The van der Waals surface area contributed by atoms with Crippen LogP contribution in [0.25, 0.3) is 22.2 Å². The molecule has 1 aliphatic heterocycles. The topological polar surface area (TPSA) is 54.0 Å². The molecule has 1 saturated heterocycles. The third-order valence-corrected chi connectivity index (χ3v) is 5.58. The maximum atomic E-state index is 6.10. The quantitative estimate of drug-likeness (QED) is 0.506. The Balaban J connectivity index is 1.37. The van der Waals surface area contributed by atoms with Gasteiger partial charge in [0.15, 0.2) is 0 Å². The maximum absolute atomic E-state index is 6.10. The van der Waals surface area contributed by atoms with Crippen molar-refractivity contribution in [1.29, 1.82) is 0 Å². The molecular weight excluding hydrogens is 360 g/mol. The van der Waals surface area contributed by atoms with Gasteiger partial charge in [-0.05, 0) is 98.6 Å². The van der Waals surface area contributed by atoms with Crippen LogP contribution in [0.2, 0.25) is 0 Å². The summed E-state index contributed by atoms with van der Waals surface area (Å²) in [6.45, 7) is 5.47. The summed E-state index contributed by atoms with van der Waals surface area (Å²) in [5.74, 6) is 1.63. The van der Waals surface area contributed by atoms with Gasteiger partial charge in [-0.3, -0.25) is 15.0 Å². The second-order valence-corrected chi connectivity index (χ2v) is 7.67. The second kappa shape index (κ2) is 7.68. The first-order chi connectivity index (χ1) is 14.2. The number of aryl methyl sites for hydroxylation is 1. The lowest BCUT2D eigenvalue weighted by Gasteiger charge is -2.16. The van der Waals surface area contributed by atoms with Crippen molar-refractivity contribution < 1.29 is 4.74 Å². The second-order valence-electron chi connectivity index (χ2n) is 7.67. The number of likely N-dealkylation sites (tertiary alicyclic amines) is 1. The zero-order chi connectivity index (χ0) is 19.6. The van der Waals surface area contributed by atoms with E-state index in [9.17, 15) is 0 Å². The minimum Gasteiger partial charge on any atom is -0.457 e. The molecule has 0 aliphatic carbocycles. The monoisotopic (exact) mass is 384 g/mol. The zero-order valence-electron chi connectivity index (χ0n) is 16.6. The van der Waals surface area contributed by atoms with Crippen LogP contribution >= 0.6 is 0 Å². The van der Waals surface area contributed by atoms with Crippen LogP contribution in [0.4, 0.5) is 0 Å². The van der Waals surface area contributed by atoms with E-state index >= 15 is 0 Å². The highest BCUT2D eigenvalue weighted by Gasteiger charge is 2.14. The molecule has 2 aromatic heterocycles. The summed E-state index contributed by atoms with van der Waals surface area (Å²) in [6.07, 6.45) is 4.36. The third kappa shape index (κ3) is 3.87. The van der Waals surface area contributed by atoms with Crippen LogP contribution in [0.5, 0.6) is 11.5 Å². The van der Waals surface area contributed by atoms with E-state index in [4.69, 9.17) is 9.72 Å². The Kier molecular flexibility index (Phi) is 4.74. The Bertz CT molecular complexity index is 1110. The number of H-pyrrole nitrogens is 1. The van der Waals surface area contributed by atoms with E-state index in [0.717, 1.165) is 45.9 Å². The Morgan fingerprint density at radius 1 is 0.966 bits per heavy atom. The van der Waals surface area contributed by atoms with Gasteiger partial charge in [-0.15, -0.1) is 0 Å². The van der Waals surface area contributed by atoms with Crippen LogP contribution in [-0.2, 0) is 6.54 Å². The fraction of sp³-hybridized carbons (Fsp3) is 0.250. The van der Waals surface area contributed by atoms with Gasteiger partial charge in [-0.1, -0.05) is 0 Å². The summed E-state index contributed by atoms with van der Waals surface area (Å²) in [7, 11) is 0. The fourth-order valence-electron chi connectivity index (χ4n) is 3.96. The first-order valence-electron chi connectivity index (χ1n) is 10.1. The molecule has 1 fully saturated rings. The van der Waals surface area contributed by atoms with Gasteiger partial charge >= 0.3 is 0 Å². The molecule has 0 saturated carbocycles. The van der Waals surface area contributed by atoms with Crippen molar-refractivity contribution in [1.82, 2.24) is 20.1 Å². The maximum Gasteiger partial charge on any atom is 0.128 e. The summed E-state index contributed by atoms with van der Waals surface area (Å²) in [6, 6.07) is 18.3. The summed E-state index contributed by atoms with van der Waals surface area (Å²) >= 11 is 0. The van der Waals surface area contributed by atoms with E-state index in [0.29, 0.717) is 0 Å².